The Morgan fingerprint density at radius 2 is 1.43 bits per heavy atom. The Morgan fingerprint density at radius 3 is 2.04 bits per heavy atom. The van der Waals surface area contributed by atoms with Gasteiger partial charge in [0.25, 0.3) is 5.91 Å². The summed E-state index contributed by atoms with van der Waals surface area (Å²) in [5.41, 5.74) is 5.25. The Balaban J connectivity index is 1.30. The van der Waals surface area contributed by atoms with Crippen LogP contribution in [0.2, 0.25) is 0 Å². The molecule has 0 fully saturated rings. The second-order valence-electron chi connectivity index (χ2n) is 11.3. The molecule has 6 aromatic rings. The lowest BCUT2D eigenvalue weighted by molar-refractivity contribution is -0.118. The first-order chi connectivity index (χ1) is 22.9. The highest BCUT2D eigenvalue weighted by molar-refractivity contribution is 6.01. The van der Waals surface area contributed by atoms with Crippen LogP contribution in [0, 0.1) is 12.7 Å². The number of halogens is 1. The third kappa shape index (κ3) is 6.89. The minimum absolute atomic E-state index is 0.267. The van der Waals surface area contributed by atoms with E-state index in [0.29, 0.717) is 29.9 Å². The van der Waals surface area contributed by atoms with Crippen LogP contribution in [-0.4, -0.2) is 37.4 Å². The molecule has 2 N–H and O–H groups in total. The van der Waals surface area contributed by atoms with Gasteiger partial charge < -0.3 is 10.6 Å². The summed E-state index contributed by atoms with van der Waals surface area (Å²) in [7, 11) is 0. The predicted molar refractivity (Wildman–Crippen MR) is 180 cm³/mol. The number of hydrogen-bond acceptors (Lipinski definition) is 4. The quantitative estimate of drug-likeness (QED) is 0.165. The van der Waals surface area contributed by atoms with Crippen molar-refractivity contribution in [3.63, 3.8) is 0 Å². The van der Waals surface area contributed by atoms with Crippen LogP contribution < -0.4 is 10.6 Å². The molecule has 9 heteroatoms. The number of aryl methyl sites for hydroxylation is 1. The van der Waals surface area contributed by atoms with E-state index in [2.05, 4.69) is 20.8 Å². The van der Waals surface area contributed by atoms with Crippen LogP contribution in [0.25, 0.3) is 11.1 Å². The Hall–Kier alpha value is -5.83. The highest BCUT2D eigenvalue weighted by atomic mass is 19.1. The van der Waals surface area contributed by atoms with Crippen molar-refractivity contribution < 1.29 is 14.0 Å². The molecule has 0 unspecified atom stereocenters. The normalized spacial score (nSPS) is 11.7. The topological polar surface area (TPSA) is 93.8 Å². The van der Waals surface area contributed by atoms with Gasteiger partial charge in [0.05, 0.1) is 12.7 Å². The van der Waals surface area contributed by atoms with Crippen molar-refractivity contribution in [3.8, 4) is 11.1 Å². The second-order valence-corrected chi connectivity index (χ2v) is 11.3. The van der Waals surface area contributed by atoms with E-state index >= 15 is 4.39 Å². The first-order valence-electron chi connectivity index (χ1n) is 15.5. The van der Waals surface area contributed by atoms with Crippen molar-refractivity contribution in [1.82, 2.24) is 24.9 Å². The van der Waals surface area contributed by atoms with Crippen LogP contribution in [0.3, 0.4) is 0 Å². The zero-order valence-electron chi connectivity index (χ0n) is 26.2. The molecular weight excluding hydrogens is 591 g/mol. The van der Waals surface area contributed by atoms with Gasteiger partial charge >= 0.3 is 0 Å². The standard InChI is InChI=1S/C38H35FN6O2/c1-3-44-34(21-22-40-44)37(46)43-36(35(28-15-9-5-10-16-28)29-17-11-6-12-18-29)38(47)42-30-19-20-31(33(39)23-30)32-24-41-45(26(32)2)25-27-13-7-4-8-14-27/h4-24,35-36H,3,25H2,1-2H3,(H,42,47)(H,43,46)/t36-/m0/s1. The third-order valence-electron chi connectivity index (χ3n) is 8.27. The molecule has 0 radical (unpaired) electrons. The number of nitrogens with one attached hydrogen (secondary N) is 2. The van der Waals surface area contributed by atoms with Gasteiger partial charge in [-0.25, -0.2) is 4.39 Å². The molecule has 0 saturated carbocycles. The molecule has 1 atom stereocenters. The number of anilines is 1. The van der Waals surface area contributed by atoms with Crippen LogP contribution >= 0.6 is 0 Å². The summed E-state index contributed by atoms with van der Waals surface area (Å²) in [5.74, 6) is -1.97. The van der Waals surface area contributed by atoms with Gasteiger partial charge in [-0.15, -0.1) is 0 Å². The average Bonchev–Trinajstić information content (AvgIpc) is 3.72. The summed E-state index contributed by atoms with van der Waals surface area (Å²) in [4.78, 5) is 27.8. The molecule has 47 heavy (non-hydrogen) atoms. The van der Waals surface area contributed by atoms with Crippen molar-refractivity contribution in [2.45, 2.75) is 38.9 Å². The number of carbonyl (C=O) groups excluding carboxylic acids is 2. The Morgan fingerprint density at radius 1 is 0.787 bits per heavy atom. The number of carbonyl (C=O) groups is 2. The van der Waals surface area contributed by atoms with Crippen molar-refractivity contribution in [2.75, 3.05) is 5.32 Å². The van der Waals surface area contributed by atoms with Gasteiger partial charge in [0, 0.05) is 41.2 Å². The summed E-state index contributed by atoms with van der Waals surface area (Å²) in [6.45, 7) is 4.85. The van der Waals surface area contributed by atoms with Crippen LogP contribution in [-0.2, 0) is 17.9 Å². The monoisotopic (exact) mass is 626 g/mol. The number of nitrogens with zero attached hydrogens (tertiary/aromatic N) is 4. The van der Waals surface area contributed by atoms with E-state index in [1.165, 1.54) is 6.07 Å². The fraction of sp³-hybridized carbons (Fsp3) is 0.158. The molecule has 8 nitrogen and oxygen atoms in total. The second kappa shape index (κ2) is 14.1. The maximum Gasteiger partial charge on any atom is 0.270 e. The number of amides is 2. The summed E-state index contributed by atoms with van der Waals surface area (Å²) >= 11 is 0. The first-order valence-corrected chi connectivity index (χ1v) is 15.5. The van der Waals surface area contributed by atoms with Gasteiger partial charge in [-0.2, -0.15) is 10.2 Å². The lowest BCUT2D eigenvalue weighted by atomic mass is 9.84. The number of hydrogen-bond donors (Lipinski definition) is 2. The fourth-order valence-corrected chi connectivity index (χ4v) is 5.85. The molecule has 2 amide bonds. The van der Waals surface area contributed by atoms with Crippen LogP contribution in [0.15, 0.2) is 128 Å². The van der Waals surface area contributed by atoms with Crippen molar-refractivity contribution in [3.05, 3.63) is 162 Å². The molecule has 236 valence electrons. The fourth-order valence-electron chi connectivity index (χ4n) is 5.85. The summed E-state index contributed by atoms with van der Waals surface area (Å²) in [5, 5.41) is 14.6. The largest absolute Gasteiger partial charge is 0.338 e. The first kappa shape index (κ1) is 31.2. The lowest BCUT2D eigenvalue weighted by Crippen LogP contribution is -2.48. The van der Waals surface area contributed by atoms with Crippen molar-refractivity contribution in [2.24, 2.45) is 0 Å². The molecule has 2 heterocycles. The maximum atomic E-state index is 15.7. The highest BCUT2D eigenvalue weighted by Gasteiger charge is 2.33. The van der Waals surface area contributed by atoms with E-state index < -0.39 is 29.6 Å². The molecule has 4 aromatic carbocycles. The van der Waals surface area contributed by atoms with Crippen LogP contribution in [0.1, 0.15) is 45.7 Å². The molecule has 0 bridgehead atoms. The van der Waals surface area contributed by atoms with Gasteiger partial charge in [-0.3, -0.25) is 19.0 Å². The molecule has 6 rings (SSSR count). The summed E-state index contributed by atoms with van der Waals surface area (Å²) in [6, 6.07) is 34.2. The molecular formula is C38H35FN6O2. The van der Waals surface area contributed by atoms with Crippen LogP contribution in [0.5, 0.6) is 0 Å². The maximum absolute atomic E-state index is 15.7. The predicted octanol–water partition coefficient (Wildman–Crippen LogP) is 6.83. The summed E-state index contributed by atoms with van der Waals surface area (Å²) in [6.07, 6.45) is 3.21. The molecule has 0 aliphatic heterocycles. The minimum Gasteiger partial charge on any atom is -0.338 e. The zero-order valence-corrected chi connectivity index (χ0v) is 26.2. The molecule has 0 aliphatic rings. The molecule has 0 aliphatic carbocycles. The van der Waals surface area contributed by atoms with E-state index in [9.17, 15) is 9.59 Å². The highest BCUT2D eigenvalue weighted by Crippen LogP contribution is 2.31. The van der Waals surface area contributed by atoms with Gasteiger partial charge in [0.15, 0.2) is 0 Å². The van der Waals surface area contributed by atoms with E-state index in [4.69, 9.17) is 0 Å². The van der Waals surface area contributed by atoms with Gasteiger partial charge in [0.2, 0.25) is 5.91 Å². The smallest absolute Gasteiger partial charge is 0.270 e. The van der Waals surface area contributed by atoms with Crippen molar-refractivity contribution in [1.29, 1.82) is 0 Å². The minimum atomic E-state index is -1.05. The lowest BCUT2D eigenvalue weighted by Gasteiger charge is -2.28. The van der Waals surface area contributed by atoms with E-state index in [1.54, 1.807) is 35.3 Å². The van der Waals surface area contributed by atoms with Crippen molar-refractivity contribution >= 4 is 17.5 Å². The molecule has 2 aromatic heterocycles. The number of rotatable bonds is 11. The number of benzene rings is 4. The Bertz CT molecular complexity index is 1930. The Labute approximate surface area is 272 Å². The third-order valence-corrected chi connectivity index (χ3v) is 8.27. The van der Waals surface area contributed by atoms with Gasteiger partial charge in [0.1, 0.15) is 17.6 Å². The zero-order chi connectivity index (χ0) is 32.8. The number of aromatic nitrogens is 4. The van der Waals surface area contributed by atoms with E-state index in [1.807, 2.05) is 110 Å². The van der Waals surface area contributed by atoms with E-state index in [0.717, 1.165) is 22.4 Å². The molecule has 0 saturated heterocycles. The van der Waals surface area contributed by atoms with Gasteiger partial charge in [-0.1, -0.05) is 91.0 Å². The van der Waals surface area contributed by atoms with E-state index in [-0.39, 0.29) is 5.69 Å². The molecule has 0 spiro atoms. The Kier molecular flexibility index (Phi) is 9.33. The SMILES string of the molecule is CCn1nccc1C(=O)N[C@H](C(=O)Nc1ccc(-c2cnn(Cc3ccccc3)c2C)c(F)c1)C(c1ccccc1)c1ccccc1. The summed E-state index contributed by atoms with van der Waals surface area (Å²) < 4.78 is 19.1. The van der Waals surface area contributed by atoms with Gasteiger partial charge in [-0.05, 0) is 54.8 Å². The van der Waals surface area contributed by atoms with Crippen LogP contribution in [0.4, 0.5) is 10.1 Å². The average molecular weight is 627 g/mol.